The molecule has 0 bridgehead atoms. The van der Waals surface area contributed by atoms with Gasteiger partial charge in [0, 0.05) is 5.38 Å². The lowest BCUT2D eigenvalue weighted by molar-refractivity contribution is -0.130. The summed E-state index contributed by atoms with van der Waals surface area (Å²) in [5, 5.41) is 7.49. The predicted octanol–water partition coefficient (Wildman–Crippen LogP) is 1.90. The molecule has 1 saturated heterocycles. The van der Waals surface area contributed by atoms with Crippen molar-refractivity contribution in [3.05, 3.63) is 47.0 Å². The molecule has 8 heteroatoms. The second kappa shape index (κ2) is 6.79. The number of urea groups is 1. The molecule has 0 unspecified atom stereocenters. The van der Waals surface area contributed by atoms with E-state index in [4.69, 9.17) is 0 Å². The van der Waals surface area contributed by atoms with Crippen LogP contribution in [0.15, 0.2) is 35.7 Å². The summed E-state index contributed by atoms with van der Waals surface area (Å²) in [5.41, 5.74) is 1.67. The van der Waals surface area contributed by atoms with E-state index in [1.165, 1.54) is 11.3 Å². The highest BCUT2D eigenvalue weighted by atomic mass is 32.1. The average Bonchev–Trinajstić information content (AvgIpc) is 3.07. The lowest BCUT2D eigenvalue weighted by Gasteiger charge is -2.12. The number of hydrogen-bond donors (Lipinski definition) is 2. The molecule has 1 aliphatic heterocycles. The third kappa shape index (κ3) is 3.60. The maximum atomic E-state index is 12.4. The summed E-state index contributed by atoms with van der Waals surface area (Å²) >= 11 is 1.31. The summed E-state index contributed by atoms with van der Waals surface area (Å²) in [6, 6.07) is 7.90. The second-order valence-corrected chi connectivity index (χ2v) is 6.32. The van der Waals surface area contributed by atoms with E-state index in [9.17, 15) is 14.4 Å². The number of imide groups is 1. The molecule has 24 heavy (non-hydrogen) atoms. The van der Waals surface area contributed by atoms with Crippen LogP contribution in [-0.4, -0.2) is 33.8 Å². The van der Waals surface area contributed by atoms with Crippen LogP contribution in [0.25, 0.3) is 0 Å². The Morgan fingerprint density at radius 2 is 2.08 bits per heavy atom. The van der Waals surface area contributed by atoms with E-state index in [-0.39, 0.29) is 18.9 Å². The molecule has 1 fully saturated rings. The number of amides is 4. The van der Waals surface area contributed by atoms with Crippen molar-refractivity contribution in [2.45, 2.75) is 25.9 Å². The average molecular weight is 344 g/mol. The molecule has 1 aromatic heterocycles. The van der Waals surface area contributed by atoms with E-state index < -0.39 is 18.0 Å². The van der Waals surface area contributed by atoms with E-state index >= 15 is 0 Å². The predicted molar refractivity (Wildman–Crippen MR) is 89.4 cm³/mol. The van der Waals surface area contributed by atoms with Gasteiger partial charge in [0.25, 0.3) is 5.91 Å². The number of aryl methyl sites for hydroxylation is 1. The van der Waals surface area contributed by atoms with Crippen LogP contribution < -0.4 is 10.6 Å². The number of nitrogens with zero attached hydrogens (tertiary/aromatic N) is 2. The molecular weight excluding hydrogens is 328 g/mol. The van der Waals surface area contributed by atoms with Crippen LogP contribution in [0.2, 0.25) is 0 Å². The fourth-order valence-electron chi connectivity index (χ4n) is 2.40. The summed E-state index contributed by atoms with van der Waals surface area (Å²) < 4.78 is 0. The van der Waals surface area contributed by atoms with Gasteiger partial charge in [0.2, 0.25) is 5.91 Å². The normalized spacial score (nSPS) is 17.0. The standard InChI is InChI=1S/C16H16N4O3S/c1-10-9-24-15(17-10)19-13(21)7-12-14(22)20(16(23)18-12)8-11-5-3-2-4-6-11/h2-6,9,12H,7-8H2,1H3,(H,18,23)(H,17,19,21)/t12-/m0/s1. The molecule has 124 valence electrons. The van der Waals surface area contributed by atoms with Crippen LogP contribution >= 0.6 is 11.3 Å². The highest BCUT2D eigenvalue weighted by molar-refractivity contribution is 7.13. The third-order valence-electron chi connectivity index (χ3n) is 3.55. The first-order valence-electron chi connectivity index (χ1n) is 7.40. The number of anilines is 1. The Morgan fingerprint density at radius 1 is 1.33 bits per heavy atom. The molecule has 0 aliphatic carbocycles. The van der Waals surface area contributed by atoms with Crippen LogP contribution in [0, 0.1) is 6.92 Å². The Morgan fingerprint density at radius 3 is 2.75 bits per heavy atom. The second-order valence-electron chi connectivity index (χ2n) is 5.46. The minimum Gasteiger partial charge on any atom is -0.325 e. The molecule has 0 spiro atoms. The van der Waals surface area contributed by atoms with Crippen molar-refractivity contribution in [1.82, 2.24) is 15.2 Å². The molecular formula is C16H16N4O3S. The van der Waals surface area contributed by atoms with E-state index in [1.54, 1.807) is 0 Å². The molecule has 1 atom stereocenters. The topological polar surface area (TPSA) is 91.4 Å². The summed E-state index contributed by atoms with van der Waals surface area (Å²) in [4.78, 5) is 41.6. The number of rotatable bonds is 5. The van der Waals surface area contributed by atoms with Gasteiger partial charge in [-0.15, -0.1) is 11.3 Å². The first kappa shape index (κ1) is 16.1. The molecule has 0 saturated carbocycles. The summed E-state index contributed by atoms with van der Waals surface area (Å²) in [7, 11) is 0. The maximum Gasteiger partial charge on any atom is 0.325 e. The van der Waals surface area contributed by atoms with Gasteiger partial charge in [-0.3, -0.25) is 14.5 Å². The third-order valence-corrected chi connectivity index (χ3v) is 4.42. The van der Waals surface area contributed by atoms with Crippen LogP contribution in [0.3, 0.4) is 0 Å². The van der Waals surface area contributed by atoms with Gasteiger partial charge in [0.1, 0.15) is 6.04 Å². The molecule has 2 N–H and O–H groups in total. The number of carbonyl (C=O) groups is 3. The first-order chi connectivity index (χ1) is 11.5. The molecule has 0 radical (unpaired) electrons. The maximum absolute atomic E-state index is 12.4. The Balaban J connectivity index is 1.60. The Kier molecular flexibility index (Phi) is 4.57. The van der Waals surface area contributed by atoms with Gasteiger partial charge in [-0.2, -0.15) is 0 Å². The fourth-order valence-corrected chi connectivity index (χ4v) is 3.10. The Labute approximate surface area is 142 Å². The van der Waals surface area contributed by atoms with Gasteiger partial charge in [-0.05, 0) is 12.5 Å². The van der Waals surface area contributed by atoms with Crippen molar-refractivity contribution >= 4 is 34.3 Å². The monoisotopic (exact) mass is 344 g/mol. The number of thiazole rings is 1. The zero-order chi connectivity index (χ0) is 17.1. The SMILES string of the molecule is Cc1csc(NC(=O)C[C@@H]2NC(=O)N(Cc3ccccc3)C2=O)n1. The molecule has 4 amide bonds. The van der Waals surface area contributed by atoms with Crippen molar-refractivity contribution in [3.63, 3.8) is 0 Å². The minimum atomic E-state index is -0.845. The molecule has 3 rings (SSSR count). The van der Waals surface area contributed by atoms with Gasteiger partial charge >= 0.3 is 6.03 Å². The quantitative estimate of drug-likeness (QED) is 0.811. The Hall–Kier alpha value is -2.74. The van der Waals surface area contributed by atoms with Crippen molar-refractivity contribution < 1.29 is 14.4 Å². The van der Waals surface area contributed by atoms with E-state index in [2.05, 4.69) is 15.6 Å². The van der Waals surface area contributed by atoms with Crippen molar-refractivity contribution in [2.24, 2.45) is 0 Å². The lowest BCUT2D eigenvalue weighted by atomic mass is 10.2. The fraction of sp³-hybridized carbons (Fsp3) is 0.250. The smallest absolute Gasteiger partial charge is 0.325 e. The zero-order valence-electron chi connectivity index (χ0n) is 13.0. The van der Waals surface area contributed by atoms with Gasteiger partial charge in [0.15, 0.2) is 5.13 Å². The van der Waals surface area contributed by atoms with E-state index in [0.717, 1.165) is 16.2 Å². The van der Waals surface area contributed by atoms with Gasteiger partial charge in [-0.1, -0.05) is 30.3 Å². The van der Waals surface area contributed by atoms with Crippen LogP contribution in [0.1, 0.15) is 17.7 Å². The molecule has 1 aliphatic rings. The van der Waals surface area contributed by atoms with Crippen LogP contribution in [-0.2, 0) is 16.1 Å². The van der Waals surface area contributed by atoms with Gasteiger partial charge < -0.3 is 10.6 Å². The zero-order valence-corrected chi connectivity index (χ0v) is 13.8. The lowest BCUT2D eigenvalue weighted by Crippen LogP contribution is -2.34. The number of hydrogen-bond acceptors (Lipinski definition) is 5. The minimum absolute atomic E-state index is 0.117. The summed E-state index contributed by atoms with van der Waals surface area (Å²) in [6.07, 6.45) is -0.117. The van der Waals surface area contributed by atoms with Gasteiger partial charge in [-0.25, -0.2) is 9.78 Å². The molecule has 2 heterocycles. The number of nitrogens with one attached hydrogen (secondary N) is 2. The van der Waals surface area contributed by atoms with Gasteiger partial charge in [0.05, 0.1) is 18.7 Å². The highest BCUT2D eigenvalue weighted by Gasteiger charge is 2.39. The number of aromatic nitrogens is 1. The van der Waals surface area contributed by atoms with E-state index in [1.807, 2.05) is 42.6 Å². The van der Waals surface area contributed by atoms with Crippen molar-refractivity contribution in [1.29, 1.82) is 0 Å². The number of benzene rings is 1. The van der Waals surface area contributed by atoms with Crippen LogP contribution in [0.5, 0.6) is 0 Å². The highest BCUT2D eigenvalue weighted by Crippen LogP contribution is 2.17. The largest absolute Gasteiger partial charge is 0.325 e. The first-order valence-corrected chi connectivity index (χ1v) is 8.28. The van der Waals surface area contributed by atoms with Crippen molar-refractivity contribution in [2.75, 3.05) is 5.32 Å². The van der Waals surface area contributed by atoms with Crippen molar-refractivity contribution in [3.8, 4) is 0 Å². The summed E-state index contributed by atoms with van der Waals surface area (Å²) in [6.45, 7) is 2.02. The van der Waals surface area contributed by atoms with Crippen LogP contribution in [0.4, 0.5) is 9.93 Å². The molecule has 1 aromatic carbocycles. The number of carbonyl (C=O) groups excluding carboxylic acids is 3. The molecule has 7 nitrogen and oxygen atoms in total. The molecule has 2 aromatic rings. The Bertz CT molecular complexity index is 775. The summed E-state index contributed by atoms with van der Waals surface area (Å²) in [5.74, 6) is -0.751. The van der Waals surface area contributed by atoms with E-state index in [0.29, 0.717) is 5.13 Å².